The van der Waals surface area contributed by atoms with E-state index in [0.29, 0.717) is 10.0 Å². The zero-order valence-corrected chi connectivity index (χ0v) is 16.0. The van der Waals surface area contributed by atoms with Crippen LogP contribution in [-0.4, -0.2) is 34.2 Å². The number of halogens is 1. The smallest absolute Gasteiger partial charge is 0.277 e. The quantitative estimate of drug-likeness (QED) is 0.580. The van der Waals surface area contributed by atoms with E-state index >= 15 is 0 Å². The lowest BCUT2D eigenvalue weighted by Crippen LogP contribution is -2.26. The fourth-order valence-electron chi connectivity index (χ4n) is 2.50. The van der Waals surface area contributed by atoms with Crippen LogP contribution in [0.5, 0.6) is 5.75 Å². The second-order valence-corrected chi connectivity index (χ2v) is 6.61. The van der Waals surface area contributed by atoms with Gasteiger partial charge in [-0.2, -0.15) is 5.10 Å². The molecule has 0 fully saturated rings. The van der Waals surface area contributed by atoms with Crippen molar-refractivity contribution in [2.45, 2.75) is 6.42 Å². The summed E-state index contributed by atoms with van der Waals surface area (Å²) in [7, 11) is 1.65. The molecule has 2 amide bonds. The third-order valence-corrected chi connectivity index (χ3v) is 4.74. The van der Waals surface area contributed by atoms with Crippen LogP contribution in [0.2, 0.25) is 0 Å². The summed E-state index contributed by atoms with van der Waals surface area (Å²) in [6.45, 7) is 0. The molecule has 3 aromatic rings. The molecule has 1 aromatic heterocycles. The molecule has 0 atom stereocenters. The molecule has 2 aromatic carbocycles. The fraction of sp³-hybridized carbons (Fsp3) is 0.105. The van der Waals surface area contributed by atoms with Gasteiger partial charge in [0.15, 0.2) is 5.82 Å². The van der Waals surface area contributed by atoms with E-state index in [9.17, 15) is 14.7 Å². The van der Waals surface area contributed by atoms with Crippen LogP contribution in [0, 0.1) is 0 Å². The molecule has 7 nitrogen and oxygen atoms in total. The standard InChI is InChI=1S/C19H17BrN4O3/c1-24(13-8-3-2-4-9-13)19(27)17-16(20)18(23-22-17)21-15(26)11-12-7-5-6-10-14(12)25/h2-10,25H,11H2,1H3,(H2,21,22,23,26). The van der Waals surface area contributed by atoms with Crippen molar-refractivity contribution in [1.29, 1.82) is 0 Å². The zero-order chi connectivity index (χ0) is 19.4. The van der Waals surface area contributed by atoms with Gasteiger partial charge in [0, 0.05) is 18.3 Å². The lowest BCUT2D eigenvalue weighted by molar-refractivity contribution is -0.115. The van der Waals surface area contributed by atoms with E-state index in [1.165, 1.54) is 11.0 Å². The Balaban J connectivity index is 1.72. The fourth-order valence-corrected chi connectivity index (χ4v) is 2.95. The Morgan fingerprint density at radius 2 is 1.81 bits per heavy atom. The molecule has 0 bridgehead atoms. The van der Waals surface area contributed by atoms with Gasteiger partial charge in [-0.05, 0) is 34.1 Å². The highest BCUT2D eigenvalue weighted by Crippen LogP contribution is 2.26. The third-order valence-electron chi connectivity index (χ3n) is 3.97. The number of amides is 2. The third kappa shape index (κ3) is 4.17. The number of hydrogen-bond donors (Lipinski definition) is 3. The number of rotatable bonds is 5. The average Bonchev–Trinajstić information content (AvgIpc) is 3.03. The summed E-state index contributed by atoms with van der Waals surface area (Å²) in [6, 6.07) is 15.8. The molecule has 0 spiro atoms. The maximum Gasteiger partial charge on any atom is 0.277 e. The number of nitrogens with one attached hydrogen (secondary N) is 2. The van der Waals surface area contributed by atoms with E-state index in [-0.39, 0.29) is 35.5 Å². The van der Waals surface area contributed by atoms with Gasteiger partial charge in [-0.3, -0.25) is 14.7 Å². The number of anilines is 2. The molecule has 27 heavy (non-hydrogen) atoms. The number of phenolic OH excluding ortho intramolecular Hbond substituents is 1. The van der Waals surface area contributed by atoms with E-state index in [1.807, 2.05) is 30.3 Å². The molecule has 0 saturated heterocycles. The molecule has 0 aliphatic heterocycles. The average molecular weight is 429 g/mol. The van der Waals surface area contributed by atoms with Crippen molar-refractivity contribution in [1.82, 2.24) is 10.2 Å². The Hall–Kier alpha value is -3.13. The number of aromatic amines is 1. The minimum absolute atomic E-state index is 0.0147. The molecule has 3 N–H and O–H groups in total. The maximum absolute atomic E-state index is 12.7. The molecular formula is C19H17BrN4O3. The Morgan fingerprint density at radius 3 is 2.52 bits per heavy atom. The van der Waals surface area contributed by atoms with Crippen molar-refractivity contribution in [3.05, 3.63) is 70.3 Å². The predicted molar refractivity (Wildman–Crippen MR) is 106 cm³/mol. The van der Waals surface area contributed by atoms with E-state index in [4.69, 9.17) is 0 Å². The van der Waals surface area contributed by atoms with Gasteiger partial charge in [-0.15, -0.1) is 0 Å². The number of benzene rings is 2. The number of aromatic hydroxyl groups is 1. The monoisotopic (exact) mass is 428 g/mol. The van der Waals surface area contributed by atoms with Gasteiger partial charge in [0.05, 0.1) is 10.9 Å². The minimum atomic E-state index is -0.362. The first-order valence-electron chi connectivity index (χ1n) is 8.11. The topological polar surface area (TPSA) is 98.3 Å². The highest BCUT2D eigenvalue weighted by Gasteiger charge is 2.22. The number of carbonyl (C=O) groups excluding carboxylic acids is 2. The molecule has 0 radical (unpaired) electrons. The number of hydrogen-bond acceptors (Lipinski definition) is 4. The van der Waals surface area contributed by atoms with Crippen LogP contribution >= 0.6 is 15.9 Å². The van der Waals surface area contributed by atoms with Crippen molar-refractivity contribution in [3.8, 4) is 5.75 Å². The zero-order valence-electron chi connectivity index (χ0n) is 14.4. The summed E-state index contributed by atoms with van der Waals surface area (Å²) < 4.78 is 0.362. The summed E-state index contributed by atoms with van der Waals surface area (Å²) in [5.41, 5.74) is 1.45. The van der Waals surface area contributed by atoms with E-state index in [1.54, 1.807) is 25.2 Å². The van der Waals surface area contributed by atoms with Crippen LogP contribution in [0.4, 0.5) is 11.5 Å². The second-order valence-electron chi connectivity index (χ2n) is 5.81. The number of aromatic nitrogens is 2. The Morgan fingerprint density at radius 1 is 1.15 bits per heavy atom. The summed E-state index contributed by atoms with van der Waals surface area (Å²) in [6.07, 6.45) is -0.0147. The normalized spacial score (nSPS) is 10.4. The molecule has 0 unspecified atom stereocenters. The van der Waals surface area contributed by atoms with Gasteiger partial charge >= 0.3 is 0 Å². The maximum atomic E-state index is 12.7. The molecule has 1 heterocycles. The molecule has 8 heteroatoms. The molecule has 0 aliphatic rings. The number of H-pyrrole nitrogens is 1. The van der Waals surface area contributed by atoms with Crippen molar-refractivity contribution < 1.29 is 14.7 Å². The van der Waals surface area contributed by atoms with E-state index < -0.39 is 0 Å². The first-order valence-corrected chi connectivity index (χ1v) is 8.90. The molecule has 0 saturated carbocycles. The van der Waals surface area contributed by atoms with Crippen LogP contribution in [0.3, 0.4) is 0 Å². The number of carbonyl (C=O) groups is 2. The Bertz CT molecular complexity index is 972. The van der Waals surface area contributed by atoms with Crippen LogP contribution in [0.15, 0.2) is 59.1 Å². The predicted octanol–water partition coefficient (Wildman–Crippen LogP) is 3.34. The van der Waals surface area contributed by atoms with Crippen LogP contribution in [-0.2, 0) is 11.2 Å². The van der Waals surface area contributed by atoms with Gasteiger partial charge < -0.3 is 15.3 Å². The SMILES string of the molecule is CN(C(=O)c1[nH]nc(NC(=O)Cc2ccccc2O)c1Br)c1ccccc1. The lowest BCUT2D eigenvalue weighted by Gasteiger charge is -2.16. The first-order chi connectivity index (χ1) is 13.0. The largest absolute Gasteiger partial charge is 0.508 e. The van der Waals surface area contributed by atoms with Crippen molar-refractivity contribution >= 4 is 39.2 Å². The summed E-state index contributed by atoms with van der Waals surface area (Å²) in [5, 5.41) is 19.1. The highest BCUT2D eigenvalue weighted by molar-refractivity contribution is 9.10. The van der Waals surface area contributed by atoms with Gasteiger partial charge in [0.25, 0.3) is 5.91 Å². The summed E-state index contributed by atoms with van der Waals surface area (Å²) in [4.78, 5) is 26.4. The highest BCUT2D eigenvalue weighted by atomic mass is 79.9. The van der Waals surface area contributed by atoms with E-state index in [0.717, 1.165) is 5.69 Å². The second kappa shape index (κ2) is 8.05. The van der Waals surface area contributed by atoms with Gasteiger partial charge in [0.2, 0.25) is 5.91 Å². The first kappa shape index (κ1) is 18.7. The Kier molecular flexibility index (Phi) is 5.56. The molecule has 3 rings (SSSR count). The van der Waals surface area contributed by atoms with Crippen LogP contribution < -0.4 is 10.2 Å². The molecule has 138 valence electrons. The number of para-hydroxylation sites is 2. The molecule has 0 aliphatic carbocycles. The summed E-state index contributed by atoms with van der Waals surface area (Å²) >= 11 is 3.32. The van der Waals surface area contributed by atoms with Gasteiger partial charge in [-0.1, -0.05) is 36.4 Å². The minimum Gasteiger partial charge on any atom is -0.508 e. The lowest BCUT2D eigenvalue weighted by atomic mass is 10.1. The summed E-state index contributed by atoms with van der Waals surface area (Å²) in [5.74, 6) is -0.407. The van der Waals surface area contributed by atoms with Gasteiger partial charge in [-0.25, -0.2) is 0 Å². The van der Waals surface area contributed by atoms with Crippen LogP contribution in [0.25, 0.3) is 0 Å². The van der Waals surface area contributed by atoms with E-state index in [2.05, 4.69) is 31.4 Å². The van der Waals surface area contributed by atoms with Crippen molar-refractivity contribution in [2.24, 2.45) is 0 Å². The van der Waals surface area contributed by atoms with Crippen LogP contribution in [0.1, 0.15) is 16.1 Å². The van der Waals surface area contributed by atoms with Gasteiger partial charge in [0.1, 0.15) is 11.4 Å². The van der Waals surface area contributed by atoms with Crippen molar-refractivity contribution in [3.63, 3.8) is 0 Å². The number of nitrogens with zero attached hydrogens (tertiary/aromatic N) is 2. The van der Waals surface area contributed by atoms with Crippen molar-refractivity contribution in [2.75, 3.05) is 17.3 Å². The molecular weight excluding hydrogens is 412 g/mol. The Labute approximate surface area is 164 Å². The number of phenols is 1.